The highest BCUT2D eigenvalue weighted by Crippen LogP contribution is 2.29. The predicted molar refractivity (Wildman–Crippen MR) is 229 cm³/mol. The summed E-state index contributed by atoms with van der Waals surface area (Å²) in [5.41, 5.74) is 1.56. The fourth-order valence-electron chi connectivity index (χ4n) is 7.41. The monoisotopic (exact) mass is 909 g/mol. The van der Waals surface area contributed by atoms with Crippen molar-refractivity contribution in [3.63, 3.8) is 0 Å². The number of amides is 4. The minimum atomic E-state index is -1.50. The standard InChI is InChI=1S/C46H59FN4O14/c47-34-15-13-32(14-16-34)39(55)26-33(24-30-8-3-1-4-9-30)44(60)49-38(25-31-10-5-2-6-11-31)40(56)27-36(64-28-52)18-20-41(57)48-23-7-12-35(54)17-19-37(45(61)62)50-46(63)51-42(65-29-53)21-22-43(58)59/h1-6,8-11,28-29,32-34,36-38,42H,7,12-27H2,(H,48,57)(H,49,60)(H,58,59)(H,61,62)(H2,50,51,63)/t32?,33?,34?,36-,37-,38-,42+/m0/s1/i47-1. The number of hydrogen-bond acceptors (Lipinski definition) is 12. The minimum absolute atomic E-state index is 0.00114. The second kappa shape index (κ2) is 29.0. The number of urea groups is 1. The van der Waals surface area contributed by atoms with E-state index in [2.05, 4.69) is 26.0 Å². The van der Waals surface area contributed by atoms with E-state index in [0.29, 0.717) is 25.7 Å². The summed E-state index contributed by atoms with van der Waals surface area (Å²) in [7, 11) is 0. The van der Waals surface area contributed by atoms with Gasteiger partial charge in [-0.2, -0.15) is 0 Å². The summed E-state index contributed by atoms with van der Waals surface area (Å²) in [6, 6.07) is 14.5. The first kappa shape index (κ1) is 52.8. The number of benzene rings is 2. The molecular weight excluding hydrogens is 851 g/mol. The quantitative estimate of drug-likeness (QED) is 0.0347. The highest BCUT2D eigenvalue weighted by atomic mass is 18.2. The molecule has 4 amide bonds. The van der Waals surface area contributed by atoms with Gasteiger partial charge >= 0.3 is 18.0 Å². The zero-order chi connectivity index (χ0) is 47.6. The van der Waals surface area contributed by atoms with E-state index in [1.807, 2.05) is 30.3 Å². The summed E-state index contributed by atoms with van der Waals surface area (Å²) < 4.78 is 23.6. The molecule has 6 N–H and O–H groups in total. The molecule has 0 aliphatic heterocycles. The molecule has 0 bridgehead atoms. The van der Waals surface area contributed by atoms with Crippen LogP contribution in [0.1, 0.15) is 101 Å². The van der Waals surface area contributed by atoms with Gasteiger partial charge in [0.2, 0.25) is 11.8 Å². The van der Waals surface area contributed by atoms with Crippen molar-refractivity contribution in [3.8, 4) is 0 Å². The van der Waals surface area contributed by atoms with Crippen molar-refractivity contribution in [2.24, 2.45) is 11.8 Å². The van der Waals surface area contributed by atoms with Crippen LogP contribution in [0.3, 0.4) is 0 Å². The molecule has 0 heterocycles. The average molecular weight is 910 g/mol. The predicted octanol–water partition coefficient (Wildman–Crippen LogP) is 3.70. The number of nitrogens with one attached hydrogen (secondary N) is 4. The molecule has 354 valence electrons. The van der Waals surface area contributed by atoms with Gasteiger partial charge < -0.3 is 41.0 Å². The third-order valence-corrected chi connectivity index (χ3v) is 11.0. The molecule has 0 aromatic heterocycles. The molecule has 2 aromatic rings. The van der Waals surface area contributed by atoms with Gasteiger partial charge in [0.1, 0.15) is 29.9 Å². The maximum atomic E-state index is 14.0. The molecule has 19 heteroatoms. The third kappa shape index (κ3) is 21.1. The summed E-state index contributed by atoms with van der Waals surface area (Å²) in [6.07, 6.45) is -3.28. The molecule has 0 saturated heterocycles. The third-order valence-electron chi connectivity index (χ3n) is 11.0. The lowest BCUT2D eigenvalue weighted by Gasteiger charge is -2.26. The molecule has 5 atom stereocenters. The number of aliphatic carboxylic acids is 2. The molecule has 65 heavy (non-hydrogen) atoms. The number of carbonyl (C=O) groups is 10. The Bertz CT molecular complexity index is 1890. The Hall–Kier alpha value is -6.53. The Morgan fingerprint density at radius 2 is 1.32 bits per heavy atom. The molecule has 1 fully saturated rings. The van der Waals surface area contributed by atoms with E-state index in [9.17, 15) is 57.4 Å². The minimum Gasteiger partial charge on any atom is -0.481 e. The topological polar surface area (TPSA) is 278 Å². The first-order valence-electron chi connectivity index (χ1n) is 21.7. The smallest absolute Gasteiger partial charge is 0.326 e. The number of carbonyl (C=O) groups excluding carboxylic acids is 8. The van der Waals surface area contributed by atoms with Crippen LogP contribution in [-0.2, 0) is 65.5 Å². The molecule has 0 spiro atoms. The van der Waals surface area contributed by atoms with Gasteiger partial charge in [-0.1, -0.05) is 60.7 Å². The van der Waals surface area contributed by atoms with E-state index in [1.54, 1.807) is 30.3 Å². The summed E-state index contributed by atoms with van der Waals surface area (Å²) in [5, 5.41) is 28.1. The number of carboxylic acids is 2. The normalized spacial score (nSPS) is 16.8. The van der Waals surface area contributed by atoms with Crippen molar-refractivity contribution in [2.45, 2.75) is 133 Å². The summed E-state index contributed by atoms with van der Waals surface area (Å²) in [5.74, 6) is -5.74. The zero-order valence-corrected chi connectivity index (χ0v) is 36.2. The van der Waals surface area contributed by atoms with Crippen LogP contribution in [-0.4, -0.2) is 107 Å². The number of rotatable bonds is 32. The maximum Gasteiger partial charge on any atom is 0.326 e. The van der Waals surface area contributed by atoms with Crippen LogP contribution in [0.2, 0.25) is 0 Å². The van der Waals surface area contributed by atoms with Gasteiger partial charge in [0.15, 0.2) is 12.0 Å². The number of ketones is 3. The molecule has 1 aliphatic rings. The average Bonchev–Trinajstić information content (AvgIpc) is 3.28. The lowest BCUT2D eigenvalue weighted by molar-refractivity contribution is -0.141. The molecule has 18 nitrogen and oxygen atoms in total. The number of Topliss-reactive ketones (excluding diaryl/α,β-unsaturated/α-hetero) is 3. The summed E-state index contributed by atoms with van der Waals surface area (Å²) >= 11 is 0. The van der Waals surface area contributed by atoms with Crippen LogP contribution in [0.4, 0.5) is 9.18 Å². The van der Waals surface area contributed by atoms with E-state index >= 15 is 0 Å². The fraction of sp³-hybridized carbons (Fsp3) is 0.522. The largest absolute Gasteiger partial charge is 0.481 e. The van der Waals surface area contributed by atoms with Crippen molar-refractivity contribution >= 4 is 60.1 Å². The Morgan fingerprint density at radius 3 is 1.92 bits per heavy atom. The SMILES string of the molecule is O=CO[C@@H](CCC(=O)NCCCC(=O)CC[C@H](NC(=O)N[C@@H](CCC(=O)O)OC=O)C(=O)O)CC(=O)[C@H](Cc1ccccc1)NC(=O)C(CC(=O)C1CCC([18F])CC1)Cc1ccccc1. The molecule has 1 unspecified atom stereocenters. The molecule has 3 rings (SSSR count). The first-order chi connectivity index (χ1) is 31.2. The lowest BCUT2D eigenvalue weighted by Crippen LogP contribution is -2.49. The molecule has 2 aromatic carbocycles. The molecule has 1 saturated carbocycles. The second-order valence-corrected chi connectivity index (χ2v) is 16.0. The number of halogens is 1. The van der Waals surface area contributed by atoms with E-state index in [-0.39, 0.29) is 108 Å². The van der Waals surface area contributed by atoms with Gasteiger partial charge in [-0.25, -0.2) is 14.0 Å². The summed E-state index contributed by atoms with van der Waals surface area (Å²) in [4.78, 5) is 123. The summed E-state index contributed by atoms with van der Waals surface area (Å²) in [6.45, 7) is 0.232. The fourth-order valence-corrected chi connectivity index (χ4v) is 7.41. The van der Waals surface area contributed by atoms with Crippen molar-refractivity contribution in [1.29, 1.82) is 0 Å². The van der Waals surface area contributed by atoms with Gasteiger partial charge in [0, 0.05) is 56.9 Å². The van der Waals surface area contributed by atoms with Crippen LogP contribution >= 0.6 is 0 Å². The van der Waals surface area contributed by atoms with E-state index in [0.717, 1.165) is 11.1 Å². The van der Waals surface area contributed by atoms with E-state index < -0.39 is 78.5 Å². The van der Waals surface area contributed by atoms with Crippen LogP contribution in [0.25, 0.3) is 0 Å². The van der Waals surface area contributed by atoms with Gasteiger partial charge in [-0.05, 0) is 68.9 Å². The van der Waals surface area contributed by atoms with Gasteiger partial charge in [0.05, 0.1) is 12.5 Å². The lowest BCUT2D eigenvalue weighted by atomic mass is 9.81. The maximum absolute atomic E-state index is 14.0. The molecular formula is C46H59FN4O14. The Kier molecular flexibility index (Phi) is 23.6. The van der Waals surface area contributed by atoms with Crippen molar-refractivity contribution < 1.29 is 72.0 Å². The highest BCUT2D eigenvalue weighted by molar-refractivity contribution is 5.93. The van der Waals surface area contributed by atoms with Crippen LogP contribution < -0.4 is 21.3 Å². The van der Waals surface area contributed by atoms with Gasteiger partial charge in [0.25, 0.3) is 12.9 Å². The van der Waals surface area contributed by atoms with Crippen LogP contribution in [0.5, 0.6) is 0 Å². The number of hydrogen-bond donors (Lipinski definition) is 6. The van der Waals surface area contributed by atoms with Crippen molar-refractivity contribution in [1.82, 2.24) is 21.3 Å². The van der Waals surface area contributed by atoms with Crippen molar-refractivity contribution in [3.05, 3.63) is 71.8 Å². The van der Waals surface area contributed by atoms with E-state index in [4.69, 9.17) is 9.84 Å². The Morgan fingerprint density at radius 1 is 0.692 bits per heavy atom. The van der Waals surface area contributed by atoms with Gasteiger partial charge in [-0.15, -0.1) is 0 Å². The van der Waals surface area contributed by atoms with E-state index in [1.165, 1.54) is 0 Å². The first-order valence-corrected chi connectivity index (χ1v) is 21.7. The second-order valence-electron chi connectivity index (χ2n) is 16.0. The molecule has 1 aliphatic carbocycles. The van der Waals surface area contributed by atoms with Gasteiger partial charge in [-0.3, -0.25) is 38.4 Å². The molecule has 0 radical (unpaired) electrons. The Balaban J connectivity index is 1.53. The van der Waals surface area contributed by atoms with Crippen molar-refractivity contribution in [2.75, 3.05) is 6.54 Å². The van der Waals surface area contributed by atoms with Crippen LogP contribution in [0, 0.1) is 11.8 Å². The number of alkyl halides is 1. The number of ether oxygens (including phenoxy) is 2. The Labute approximate surface area is 376 Å². The highest BCUT2D eigenvalue weighted by Gasteiger charge is 2.33. The zero-order valence-electron chi connectivity index (χ0n) is 36.2. The van der Waals surface area contributed by atoms with Crippen LogP contribution in [0.15, 0.2) is 60.7 Å². The number of carboxylic acid groups (broad SMARTS) is 2.